The van der Waals surface area contributed by atoms with Crippen LogP contribution in [0, 0.1) is 16.7 Å². The second-order valence-corrected chi connectivity index (χ2v) is 13.1. The van der Waals surface area contributed by atoms with Crippen LogP contribution in [-0.2, 0) is 5.41 Å². The predicted octanol–water partition coefficient (Wildman–Crippen LogP) is 7.40. The summed E-state index contributed by atoms with van der Waals surface area (Å²) in [5, 5.41) is 13.7. The van der Waals surface area contributed by atoms with E-state index in [1.807, 2.05) is 0 Å². The molecule has 192 valence electrons. The Morgan fingerprint density at radius 2 is 1.50 bits per heavy atom. The highest BCUT2D eigenvalue weighted by atomic mass is 16.5. The summed E-state index contributed by atoms with van der Waals surface area (Å²) in [4.78, 5) is 0. The van der Waals surface area contributed by atoms with Gasteiger partial charge in [0.2, 0.25) is 0 Å². The second-order valence-electron chi connectivity index (χ2n) is 13.1. The summed E-state index contributed by atoms with van der Waals surface area (Å²) in [5.74, 6) is 1.80. The number of hydrogen-bond acceptors (Lipinski definition) is 3. The molecule has 3 nitrogen and oxygen atoms in total. The van der Waals surface area contributed by atoms with Crippen LogP contribution in [0.3, 0.4) is 0 Å². The third-order valence-corrected chi connectivity index (χ3v) is 9.12. The van der Waals surface area contributed by atoms with Gasteiger partial charge in [0.05, 0.1) is 0 Å². The standard InChI is InChI=1S/C31H51NO2/c1-4-5-6-7-8-9-10-11-16-32-20-27(33)21-34-28-14-12-26(13-15-28)31-19-25-17-29(2,23-31)22-30(3,18-25)24-31/h12-15,25,27,32-33H,4-11,16-24H2,1-3H3/t25?,27?,29-,30+,31?. The molecule has 0 aliphatic heterocycles. The monoisotopic (exact) mass is 469 g/mol. The molecule has 0 spiro atoms. The SMILES string of the molecule is CCCCCCCCCCNCC(O)COc1ccc(C23CC4C[C@@](C)(C2)C[C@](C)(C4)C3)cc1. The van der Waals surface area contributed by atoms with E-state index in [0.29, 0.717) is 29.4 Å². The van der Waals surface area contributed by atoms with Gasteiger partial charge in [0.25, 0.3) is 0 Å². The number of hydrogen-bond donors (Lipinski definition) is 2. The minimum atomic E-state index is -0.461. The van der Waals surface area contributed by atoms with Crippen LogP contribution < -0.4 is 10.1 Å². The number of unbranched alkanes of at least 4 members (excludes halogenated alkanes) is 7. The van der Waals surface area contributed by atoms with E-state index in [4.69, 9.17) is 4.74 Å². The molecule has 34 heavy (non-hydrogen) atoms. The van der Waals surface area contributed by atoms with Crippen LogP contribution in [0.2, 0.25) is 0 Å². The number of rotatable bonds is 15. The lowest BCUT2D eigenvalue weighted by atomic mass is 9.39. The molecule has 5 atom stereocenters. The molecular weight excluding hydrogens is 418 g/mol. The van der Waals surface area contributed by atoms with Crippen molar-refractivity contribution in [3.05, 3.63) is 29.8 Å². The van der Waals surface area contributed by atoms with Gasteiger partial charge < -0.3 is 15.2 Å². The van der Waals surface area contributed by atoms with Gasteiger partial charge in [0.1, 0.15) is 18.5 Å². The number of ether oxygens (including phenoxy) is 1. The lowest BCUT2D eigenvalue weighted by molar-refractivity contribution is -0.110. The van der Waals surface area contributed by atoms with Crippen molar-refractivity contribution in [1.82, 2.24) is 5.32 Å². The molecule has 0 radical (unpaired) electrons. The van der Waals surface area contributed by atoms with E-state index in [1.165, 1.54) is 95.5 Å². The van der Waals surface area contributed by atoms with E-state index in [0.717, 1.165) is 18.2 Å². The summed E-state index contributed by atoms with van der Waals surface area (Å²) < 4.78 is 5.93. The van der Waals surface area contributed by atoms with Crippen LogP contribution in [0.4, 0.5) is 0 Å². The van der Waals surface area contributed by atoms with Crippen molar-refractivity contribution < 1.29 is 9.84 Å². The zero-order valence-electron chi connectivity index (χ0n) is 22.3. The van der Waals surface area contributed by atoms with Gasteiger partial charge >= 0.3 is 0 Å². The van der Waals surface area contributed by atoms with Gasteiger partial charge in [-0.15, -0.1) is 0 Å². The van der Waals surface area contributed by atoms with Crippen LogP contribution in [0.1, 0.15) is 116 Å². The smallest absolute Gasteiger partial charge is 0.119 e. The molecule has 3 heteroatoms. The van der Waals surface area contributed by atoms with Crippen LogP contribution >= 0.6 is 0 Å². The first-order valence-electron chi connectivity index (χ1n) is 14.5. The fourth-order valence-corrected chi connectivity index (χ4v) is 8.58. The molecule has 0 aromatic heterocycles. The summed E-state index contributed by atoms with van der Waals surface area (Å²) in [6, 6.07) is 8.92. The van der Waals surface area contributed by atoms with E-state index in [1.54, 1.807) is 0 Å². The van der Waals surface area contributed by atoms with Gasteiger partial charge in [-0.25, -0.2) is 0 Å². The number of nitrogens with one attached hydrogen (secondary N) is 1. The first-order valence-corrected chi connectivity index (χ1v) is 14.5. The van der Waals surface area contributed by atoms with E-state index in [2.05, 4.69) is 50.4 Å². The first-order chi connectivity index (χ1) is 16.3. The maximum atomic E-state index is 10.3. The minimum Gasteiger partial charge on any atom is -0.491 e. The van der Waals surface area contributed by atoms with E-state index < -0.39 is 6.10 Å². The maximum absolute atomic E-state index is 10.3. The van der Waals surface area contributed by atoms with Gasteiger partial charge in [0.15, 0.2) is 0 Å². The molecule has 4 aliphatic carbocycles. The molecule has 0 saturated heterocycles. The van der Waals surface area contributed by atoms with E-state index in [-0.39, 0.29) is 0 Å². The fraction of sp³-hybridized carbons (Fsp3) is 0.806. The highest BCUT2D eigenvalue weighted by Crippen LogP contribution is 2.69. The maximum Gasteiger partial charge on any atom is 0.119 e. The Labute approximate surface area is 209 Å². The lowest BCUT2D eigenvalue weighted by Gasteiger charge is -2.65. The van der Waals surface area contributed by atoms with Crippen molar-refractivity contribution in [1.29, 1.82) is 0 Å². The molecule has 3 unspecified atom stereocenters. The molecule has 1 aromatic rings. The fourth-order valence-electron chi connectivity index (χ4n) is 8.58. The van der Waals surface area contributed by atoms with Gasteiger partial charge in [-0.2, -0.15) is 0 Å². The predicted molar refractivity (Wildman–Crippen MR) is 143 cm³/mol. The topological polar surface area (TPSA) is 41.5 Å². The Balaban J connectivity index is 1.14. The Kier molecular flexibility index (Phi) is 8.67. The second kappa shape index (κ2) is 11.3. The Hall–Kier alpha value is -1.06. The third kappa shape index (κ3) is 6.58. The minimum absolute atomic E-state index is 0.354. The Morgan fingerprint density at radius 3 is 2.12 bits per heavy atom. The number of aliphatic hydroxyl groups is 1. The van der Waals surface area contributed by atoms with Gasteiger partial charge in [-0.05, 0) is 91.3 Å². The van der Waals surface area contributed by atoms with Crippen molar-refractivity contribution in [3.63, 3.8) is 0 Å². The van der Waals surface area contributed by atoms with Crippen molar-refractivity contribution in [3.8, 4) is 5.75 Å². The summed E-state index contributed by atoms with van der Waals surface area (Å²) in [6.45, 7) is 9.31. The van der Waals surface area contributed by atoms with Crippen molar-refractivity contribution in [2.24, 2.45) is 16.7 Å². The van der Waals surface area contributed by atoms with E-state index >= 15 is 0 Å². The summed E-state index contributed by atoms with van der Waals surface area (Å²) in [7, 11) is 0. The van der Waals surface area contributed by atoms with Crippen molar-refractivity contribution in [2.45, 2.75) is 122 Å². The van der Waals surface area contributed by atoms with Crippen LogP contribution in [-0.4, -0.2) is 30.9 Å². The largest absolute Gasteiger partial charge is 0.491 e. The molecule has 4 aliphatic rings. The lowest BCUT2D eigenvalue weighted by Crippen LogP contribution is -2.56. The zero-order valence-corrected chi connectivity index (χ0v) is 22.3. The van der Waals surface area contributed by atoms with Gasteiger partial charge in [0, 0.05) is 6.54 Å². The molecular formula is C31H51NO2. The normalized spacial score (nSPS) is 32.8. The van der Waals surface area contributed by atoms with Crippen LogP contribution in [0.15, 0.2) is 24.3 Å². The molecule has 1 aromatic carbocycles. The third-order valence-electron chi connectivity index (χ3n) is 9.12. The molecule has 5 rings (SSSR count). The molecule has 2 N–H and O–H groups in total. The highest BCUT2D eigenvalue weighted by molar-refractivity contribution is 5.36. The first kappa shape index (κ1) is 26.0. The van der Waals surface area contributed by atoms with Crippen LogP contribution in [0.5, 0.6) is 5.75 Å². The highest BCUT2D eigenvalue weighted by Gasteiger charge is 2.60. The Bertz CT molecular complexity index is 741. The van der Waals surface area contributed by atoms with Crippen LogP contribution in [0.25, 0.3) is 0 Å². The zero-order chi connectivity index (χ0) is 24.1. The average Bonchev–Trinajstić information content (AvgIpc) is 2.77. The van der Waals surface area contributed by atoms with Crippen molar-refractivity contribution in [2.75, 3.05) is 19.7 Å². The Morgan fingerprint density at radius 1 is 0.882 bits per heavy atom. The molecule has 4 bridgehead atoms. The summed E-state index contributed by atoms with van der Waals surface area (Å²) >= 11 is 0. The molecule has 4 fully saturated rings. The average molecular weight is 470 g/mol. The van der Waals surface area contributed by atoms with Gasteiger partial charge in [-0.3, -0.25) is 0 Å². The molecule has 0 heterocycles. The quantitative estimate of drug-likeness (QED) is 0.263. The number of aliphatic hydroxyl groups excluding tert-OH is 1. The van der Waals surface area contributed by atoms with Gasteiger partial charge in [-0.1, -0.05) is 77.8 Å². The van der Waals surface area contributed by atoms with Crippen molar-refractivity contribution >= 4 is 0 Å². The number of benzene rings is 1. The summed E-state index contributed by atoms with van der Waals surface area (Å²) in [6.07, 6.45) is 18.6. The molecule has 0 amide bonds. The molecule has 4 saturated carbocycles. The summed E-state index contributed by atoms with van der Waals surface area (Å²) in [5.41, 5.74) is 2.97. The van der Waals surface area contributed by atoms with E-state index in [9.17, 15) is 5.11 Å².